The molecule has 1 aromatic carbocycles. The molecule has 114 valence electrons. The quantitative estimate of drug-likeness (QED) is 0.811. The van der Waals surface area contributed by atoms with Gasteiger partial charge in [-0.3, -0.25) is 9.69 Å². The predicted octanol–water partition coefficient (Wildman–Crippen LogP) is 1.81. The summed E-state index contributed by atoms with van der Waals surface area (Å²) in [6, 6.07) is 6.99. The van der Waals surface area contributed by atoms with E-state index in [4.69, 9.17) is 4.74 Å². The van der Waals surface area contributed by atoms with Crippen LogP contribution in [-0.2, 0) is 9.53 Å². The van der Waals surface area contributed by atoms with E-state index in [1.807, 2.05) is 6.07 Å². The van der Waals surface area contributed by atoms with Crippen LogP contribution in [0, 0.1) is 0 Å². The van der Waals surface area contributed by atoms with Crippen molar-refractivity contribution >= 4 is 17.7 Å². The number of hydrogen-bond acceptors (Lipinski definition) is 3. The van der Waals surface area contributed by atoms with Gasteiger partial charge in [0.2, 0.25) is 0 Å². The third-order valence-corrected chi connectivity index (χ3v) is 3.59. The highest BCUT2D eigenvalue weighted by molar-refractivity contribution is 5.95. The Hall–Kier alpha value is -2.08. The zero-order valence-electron chi connectivity index (χ0n) is 12.0. The summed E-state index contributed by atoms with van der Waals surface area (Å²) in [6.45, 7) is 1.54. The maximum atomic E-state index is 12.2. The molecule has 0 aliphatic carbocycles. The summed E-state index contributed by atoms with van der Waals surface area (Å²) in [5.74, 6) is -1.39. The Labute approximate surface area is 123 Å². The maximum absolute atomic E-state index is 12.2. The monoisotopic (exact) mass is 292 g/mol. The molecule has 1 unspecified atom stereocenters. The van der Waals surface area contributed by atoms with E-state index in [1.54, 1.807) is 30.2 Å². The summed E-state index contributed by atoms with van der Waals surface area (Å²) in [5.41, 5.74) is 1.38. The average molecular weight is 292 g/mol. The van der Waals surface area contributed by atoms with Gasteiger partial charge in [0, 0.05) is 32.5 Å². The van der Waals surface area contributed by atoms with Crippen molar-refractivity contribution in [1.82, 2.24) is 5.32 Å². The van der Waals surface area contributed by atoms with E-state index >= 15 is 0 Å². The van der Waals surface area contributed by atoms with Crippen LogP contribution >= 0.6 is 0 Å². The number of para-hydroxylation sites is 1. The van der Waals surface area contributed by atoms with Gasteiger partial charge >= 0.3 is 12.0 Å². The van der Waals surface area contributed by atoms with Crippen LogP contribution in [0.3, 0.4) is 0 Å². The van der Waals surface area contributed by atoms with Gasteiger partial charge in [-0.05, 0) is 24.5 Å². The number of hydrogen-bond donors (Lipinski definition) is 2. The van der Waals surface area contributed by atoms with Gasteiger partial charge in [-0.1, -0.05) is 18.2 Å². The largest absolute Gasteiger partial charge is 0.481 e. The van der Waals surface area contributed by atoms with Gasteiger partial charge in [0.25, 0.3) is 0 Å². The van der Waals surface area contributed by atoms with E-state index in [2.05, 4.69) is 5.32 Å². The Kier molecular flexibility index (Phi) is 5.16. The number of nitrogens with zero attached hydrogens (tertiary/aromatic N) is 1. The van der Waals surface area contributed by atoms with Gasteiger partial charge in [0.15, 0.2) is 0 Å². The zero-order chi connectivity index (χ0) is 15.2. The number of methoxy groups -OCH3 is 1. The first-order chi connectivity index (χ1) is 10.1. The van der Waals surface area contributed by atoms with Crippen LogP contribution in [0.4, 0.5) is 10.5 Å². The number of urea groups is 1. The van der Waals surface area contributed by atoms with Crippen molar-refractivity contribution in [2.75, 3.05) is 31.7 Å². The average Bonchev–Trinajstić information content (AvgIpc) is 2.50. The molecule has 6 heteroatoms. The lowest BCUT2D eigenvalue weighted by atomic mass is 9.90. The van der Waals surface area contributed by atoms with Crippen molar-refractivity contribution in [3.05, 3.63) is 29.8 Å². The summed E-state index contributed by atoms with van der Waals surface area (Å²) in [5, 5.41) is 12.1. The van der Waals surface area contributed by atoms with Gasteiger partial charge in [0.05, 0.1) is 5.92 Å². The van der Waals surface area contributed by atoms with Crippen molar-refractivity contribution in [3.63, 3.8) is 0 Å². The van der Waals surface area contributed by atoms with Crippen LogP contribution in [0.15, 0.2) is 24.3 Å². The first kappa shape index (κ1) is 15.3. The van der Waals surface area contributed by atoms with Gasteiger partial charge < -0.3 is 15.2 Å². The van der Waals surface area contributed by atoms with Crippen LogP contribution in [-0.4, -0.2) is 43.9 Å². The summed E-state index contributed by atoms with van der Waals surface area (Å²) in [6.07, 6.45) is 1.17. The third-order valence-electron chi connectivity index (χ3n) is 3.59. The summed E-state index contributed by atoms with van der Waals surface area (Å²) < 4.78 is 4.94. The second-order valence-electron chi connectivity index (χ2n) is 4.97. The SMILES string of the molecule is COCCCNC(=O)N1CCC(C(=O)O)c2ccccc21. The molecule has 1 aliphatic rings. The van der Waals surface area contributed by atoms with Gasteiger partial charge in [-0.25, -0.2) is 4.79 Å². The van der Waals surface area contributed by atoms with Crippen molar-refractivity contribution in [3.8, 4) is 0 Å². The van der Waals surface area contributed by atoms with E-state index in [9.17, 15) is 14.7 Å². The number of ether oxygens (including phenoxy) is 1. The Morgan fingerprint density at radius 1 is 1.43 bits per heavy atom. The van der Waals surface area contributed by atoms with Gasteiger partial charge in [-0.15, -0.1) is 0 Å². The Morgan fingerprint density at radius 3 is 2.90 bits per heavy atom. The minimum Gasteiger partial charge on any atom is -0.481 e. The smallest absolute Gasteiger partial charge is 0.321 e. The highest BCUT2D eigenvalue weighted by Crippen LogP contribution is 2.35. The zero-order valence-corrected chi connectivity index (χ0v) is 12.0. The van der Waals surface area contributed by atoms with E-state index < -0.39 is 11.9 Å². The highest BCUT2D eigenvalue weighted by Gasteiger charge is 2.32. The number of carboxylic acid groups (broad SMARTS) is 1. The second kappa shape index (κ2) is 7.08. The third kappa shape index (κ3) is 3.52. The standard InChI is InChI=1S/C15H20N2O4/c1-21-10-4-8-16-15(20)17-9-7-12(14(18)19)11-5-2-3-6-13(11)17/h2-3,5-6,12H,4,7-10H2,1H3,(H,16,20)(H,18,19). The van der Waals surface area contributed by atoms with Crippen molar-refractivity contribution in [2.45, 2.75) is 18.8 Å². The van der Waals surface area contributed by atoms with E-state index in [1.165, 1.54) is 0 Å². The Bertz CT molecular complexity index is 518. The van der Waals surface area contributed by atoms with E-state index in [0.29, 0.717) is 37.4 Å². The maximum Gasteiger partial charge on any atom is 0.321 e. The molecular weight excluding hydrogens is 272 g/mol. The number of amides is 2. The second-order valence-corrected chi connectivity index (χ2v) is 4.97. The molecule has 6 nitrogen and oxygen atoms in total. The summed E-state index contributed by atoms with van der Waals surface area (Å²) in [4.78, 5) is 25.1. The number of aliphatic carboxylic acids is 1. The van der Waals surface area contributed by atoms with Crippen molar-refractivity contribution in [2.24, 2.45) is 0 Å². The summed E-state index contributed by atoms with van der Waals surface area (Å²) in [7, 11) is 1.62. The fourth-order valence-electron chi connectivity index (χ4n) is 2.54. The van der Waals surface area contributed by atoms with E-state index in [-0.39, 0.29) is 6.03 Å². The predicted molar refractivity (Wildman–Crippen MR) is 78.7 cm³/mol. The molecule has 0 radical (unpaired) electrons. The number of carbonyl (C=O) groups excluding carboxylic acids is 1. The fourth-order valence-corrected chi connectivity index (χ4v) is 2.54. The lowest BCUT2D eigenvalue weighted by Crippen LogP contribution is -2.44. The molecule has 2 N–H and O–H groups in total. The number of carboxylic acids is 1. The van der Waals surface area contributed by atoms with Crippen LogP contribution < -0.4 is 10.2 Å². The van der Waals surface area contributed by atoms with Crippen molar-refractivity contribution in [1.29, 1.82) is 0 Å². The lowest BCUT2D eigenvalue weighted by molar-refractivity contribution is -0.139. The molecule has 1 aliphatic heterocycles. The molecule has 2 amide bonds. The molecule has 0 saturated carbocycles. The fraction of sp³-hybridized carbons (Fsp3) is 0.467. The number of carbonyl (C=O) groups is 2. The van der Waals surface area contributed by atoms with Crippen LogP contribution in [0.5, 0.6) is 0 Å². The molecule has 1 aromatic rings. The molecule has 0 saturated heterocycles. The molecule has 0 aromatic heterocycles. The first-order valence-electron chi connectivity index (χ1n) is 7.01. The summed E-state index contributed by atoms with van der Waals surface area (Å²) >= 11 is 0. The molecule has 0 bridgehead atoms. The Morgan fingerprint density at radius 2 is 2.19 bits per heavy atom. The minimum absolute atomic E-state index is 0.192. The molecule has 21 heavy (non-hydrogen) atoms. The lowest BCUT2D eigenvalue weighted by Gasteiger charge is -2.32. The Balaban J connectivity index is 2.10. The van der Waals surface area contributed by atoms with Gasteiger partial charge in [0.1, 0.15) is 0 Å². The minimum atomic E-state index is -0.845. The molecule has 2 rings (SSSR count). The molecule has 1 heterocycles. The molecule has 0 fully saturated rings. The number of nitrogens with one attached hydrogen (secondary N) is 1. The van der Waals surface area contributed by atoms with Gasteiger partial charge in [-0.2, -0.15) is 0 Å². The molecular formula is C15H20N2O4. The number of rotatable bonds is 5. The first-order valence-corrected chi connectivity index (χ1v) is 7.01. The number of fused-ring (bicyclic) bond motifs is 1. The molecule has 0 spiro atoms. The number of anilines is 1. The van der Waals surface area contributed by atoms with Crippen molar-refractivity contribution < 1.29 is 19.4 Å². The van der Waals surface area contributed by atoms with Crippen LogP contribution in [0.25, 0.3) is 0 Å². The van der Waals surface area contributed by atoms with E-state index in [0.717, 1.165) is 6.42 Å². The van der Waals surface area contributed by atoms with Crippen LogP contribution in [0.2, 0.25) is 0 Å². The van der Waals surface area contributed by atoms with Crippen LogP contribution in [0.1, 0.15) is 24.3 Å². The molecule has 1 atom stereocenters. The topological polar surface area (TPSA) is 78.9 Å². The number of benzene rings is 1. The highest BCUT2D eigenvalue weighted by atomic mass is 16.5. The normalized spacial score (nSPS) is 17.2.